The van der Waals surface area contributed by atoms with Crippen molar-refractivity contribution < 1.29 is 43.9 Å². The first-order valence-electron chi connectivity index (χ1n) is 28.5. The first kappa shape index (κ1) is 68.5. The van der Waals surface area contributed by atoms with E-state index >= 15 is 0 Å². The van der Waals surface area contributed by atoms with Gasteiger partial charge in [-0.2, -0.15) is 31.2 Å². The number of aromatic nitrogens is 4. The first-order chi connectivity index (χ1) is 45.7. The van der Waals surface area contributed by atoms with Crippen molar-refractivity contribution in [3.8, 4) is 75.9 Å². The summed E-state index contributed by atoms with van der Waals surface area (Å²) in [5, 5.41) is 74.9. The number of esters is 1. The summed E-state index contributed by atoms with van der Waals surface area (Å²) in [7, 11) is 0. The molecule has 0 saturated heterocycles. The van der Waals surface area contributed by atoms with Gasteiger partial charge in [0.05, 0.1) is 88.3 Å². The Morgan fingerprint density at radius 2 is 0.777 bits per heavy atom. The van der Waals surface area contributed by atoms with Gasteiger partial charge >= 0.3 is 5.97 Å². The molecule has 0 bridgehead atoms. The monoisotopic (exact) mass is 1440 g/mol. The number of phenols is 1. The number of nitrogens with one attached hydrogen (secondary N) is 1. The number of halogens is 3. The van der Waals surface area contributed by atoms with E-state index in [9.17, 15) is 14.7 Å². The number of benzene rings is 10. The van der Waals surface area contributed by atoms with Gasteiger partial charge in [-0.25, -0.2) is 14.2 Å². The molecule has 466 valence electrons. The number of aliphatic hydroxyl groups excluding tert-OH is 2. The third-order valence-corrected chi connectivity index (χ3v) is 14.6. The van der Waals surface area contributed by atoms with Crippen LogP contribution in [0.1, 0.15) is 50.2 Å². The summed E-state index contributed by atoms with van der Waals surface area (Å²) in [5.74, 6) is 3.45. The summed E-state index contributed by atoms with van der Waals surface area (Å²) in [4.78, 5) is 24.9. The molecule has 0 aliphatic rings. The summed E-state index contributed by atoms with van der Waals surface area (Å²) in [5.41, 5.74) is 6.08. The Hall–Kier alpha value is -11.4. The number of amides is 1. The highest BCUT2D eigenvalue weighted by Gasteiger charge is 2.20. The molecular formula is C73H54Br3N9O9. The fourth-order valence-electron chi connectivity index (χ4n) is 8.38. The van der Waals surface area contributed by atoms with Crippen molar-refractivity contribution >= 4 is 81.5 Å². The van der Waals surface area contributed by atoms with E-state index in [0.29, 0.717) is 68.7 Å². The molecule has 0 fully saturated rings. The number of hydrogen-bond donors (Lipinski definition) is 4. The van der Waals surface area contributed by atoms with Crippen molar-refractivity contribution in [1.29, 1.82) is 21.0 Å². The predicted octanol–water partition coefficient (Wildman–Crippen LogP) is 16.2. The zero-order valence-electron chi connectivity index (χ0n) is 49.8. The average molecular weight is 1440 g/mol. The topological polar surface area (TPSA) is 275 Å². The van der Waals surface area contributed by atoms with Gasteiger partial charge in [-0.15, -0.1) is 0 Å². The third kappa shape index (κ3) is 19.8. The van der Waals surface area contributed by atoms with Crippen LogP contribution in [0, 0.1) is 45.3 Å². The lowest BCUT2D eigenvalue weighted by Gasteiger charge is -2.08. The molecule has 0 radical (unpaired) electrons. The van der Waals surface area contributed by atoms with Crippen molar-refractivity contribution in [3.05, 3.63) is 290 Å². The van der Waals surface area contributed by atoms with Crippen LogP contribution in [0.3, 0.4) is 0 Å². The van der Waals surface area contributed by atoms with Crippen LogP contribution in [0.5, 0.6) is 40.2 Å². The summed E-state index contributed by atoms with van der Waals surface area (Å²) in [6.45, 7) is 1.55. The van der Waals surface area contributed by atoms with Gasteiger partial charge < -0.3 is 39.6 Å². The number of carbonyl (C=O) groups excluding carboxylic acids is 2. The molecule has 0 saturated carbocycles. The number of nitriles is 4. The molecule has 12 rings (SSSR count). The van der Waals surface area contributed by atoms with E-state index in [-0.39, 0.29) is 12.2 Å². The maximum Gasteiger partial charge on any atom is 0.359 e. The fraction of sp³-hybridized carbons (Fsp3) is 0.0685. The van der Waals surface area contributed by atoms with E-state index < -0.39 is 24.6 Å². The second kappa shape index (κ2) is 34.7. The number of aliphatic hydroxyl groups is 2. The lowest BCUT2D eigenvalue weighted by atomic mass is 10.2. The molecule has 2 aromatic heterocycles. The number of carbonyl (C=O) groups is 2. The molecular weight excluding hydrogens is 1390 g/mol. The van der Waals surface area contributed by atoms with Gasteiger partial charge in [0.15, 0.2) is 11.4 Å². The number of para-hydroxylation sites is 2. The number of phenolic OH excluding ortho intramolecular Hbond substituents is 1. The van der Waals surface area contributed by atoms with Gasteiger partial charge in [-0.3, -0.25) is 4.79 Å². The molecule has 21 heteroatoms. The minimum atomic E-state index is -1.03. The van der Waals surface area contributed by atoms with Crippen LogP contribution in [0.4, 0.5) is 0 Å². The number of aromatic hydroxyl groups is 1. The molecule has 12 aromatic rings. The van der Waals surface area contributed by atoms with E-state index in [4.69, 9.17) is 50.2 Å². The van der Waals surface area contributed by atoms with E-state index in [1.54, 1.807) is 144 Å². The van der Waals surface area contributed by atoms with Crippen molar-refractivity contribution in [2.75, 3.05) is 19.8 Å². The SMILES string of the molecule is CCOC(=O)c1nn(-c2ccc(Oc3ccc(C#N)cc3)cc2)c2ccccc12.N#Cc1ccc(Br)cc1.N#Cc1ccc(Oc2ccc(-n3nc(C(=O)NCC(O)CO)c4ccccc43)cc2)cc1.N#Cc1ccc(Oc2ccc(Br)cc2)cc1.Oc1ccc(Br)cc1. The lowest BCUT2D eigenvalue weighted by molar-refractivity contribution is 0.0521. The molecule has 94 heavy (non-hydrogen) atoms. The normalized spacial score (nSPS) is 10.4. The molecule has 4 N–H and O–H groups in total. The lowest BCUT2D eigenvalue weighted by Crippen LogP contribution is -2.34. The van der Waals surface area contributed by atoms with Gasteiger partial charge in [0.2, 0.25) is 0 Å². The van der Waals surface area contributed by atoms with Gasteiger partial charge in [-0.1, -0.05) is 84.2 Å². The molecule has 0 aliphatic heterocycles. The number of ether oxygens (including phenoxy) is 4. The Morgan fingerprint density at radius 3 is 1.13 bits per heavy atom. The first-order valence-corrected chi connectivity index (χ1v) is 30.9. The summed E-state index contributed by atoms with van der Waals surface area (Å²) >= 11 is 9.86. The number of hydrogen-bond acceptors (Lipinski definition) is 15. The zero-order valence-corrected chi connectivity index (χ0v) is 54.6. The number of rotatable bonds is 14. The average Bonchev–Trinajstić information content (AvgIpc) is 1.64. The number of fused-ring (bicyclic) bond motifs is 2. The van der Waals surface area contributed by atoms with Crippen LogP contribution < -0.4 is 19.5 Å². The fourth-order valence-corrected chi connectivity index (χ4v) is 9.18. The minimum absolute atomic E-state index is 0.0715. The third-order valence-electron chi connectivity index (χ3n) is 13.0. The van der Waals surface area contributed by atoms with Crippen molar-refractivity contribution in [2.24, 2.45) is 0 Å². The number of nitrogens with zero attached hydrogens (tertiary/aromatic N) is 8. The standard InChI is InChI=1S/C24H20N4O4.C23H17N3O3.C13H8BrNO.C7H4BrN.C6H5BrO/c25-13-16-5-9-19(10-6-16)32-20-11-7-17(8-12-20)28-22-4-2-1-3-21(22)23(27-28)24(31)26-14-18(30)15-29;1-2-28-23(27)22-20-5-3-4-6-21(20)26(25-22)17-9-13-19(14-10-17)29-18-11-7-16(15-24)8-12-18;14-11-3-7-13(8-4-11)16-12-5-1-10(9-15)2-6-12;8-7-3-1-6(5-9)2-4-7;7-5-1-3-6(8)4-2-5/h1-12,18,29-30H,14-15H2,(H,26,31);3-14H,2H2,1H3;1-8H;1-4H;1-4,8H. The van der Waals surface area contributed by atoms with Crippen LogP contribution in [-0.2, 0) is 4.74 Å². The molecule has 18 nitrogen and oxygen atoms in total. The maximum absolute atomic E-state index is 12.6. The van der Waals surface area contributed by atoms with Crippen LogP contribution in [-0.4, -0.2) is 72.6 Å². The summed E-state index contributed by atoms with van der Waals surface area (Å²) < 4.78 is 28.7. The van der Waals surface area contributed by atoms with E-state index in [0.717, 1.165) is 52.7 Å². The molecule has 0 aliphatic carbocycles. The van der Waals surface area contributed by atoms with E-state index in [1.807, 2.05) is 121 Å². The maximum atomic E-state index is 12.6. The smallest absolute Gasteiger partial charge is 0.359 e. The van der Waals surface area contributed by atoms with Gasteiger partial charge in [0, 0.05) is 30.7 Å². The Bertz CT molecular complexity index is 4620. The Balaban J connectivity index is 0.000000165. The second-order valence-corrected chi connectivity index (χ2v) is 22.3. The Labute approximate surface area is 565 Å². The van der Waals surface area contributed by atoms with Crippen LogP contribution in [0.15, 0.2) is 256 Å². The van der Waals surface area contributed by atoms with Crippen LogP contribution in [0.25, 0.3) is 33.2 Å². The molecule has 1 atom stereocenters. The Kier molecular flexibility index (Phi) is 25.3. The highest BCUT2D eigenvalue weighted by atomic mass is 79.9. The van der Waals surface area contributed by atoms with Crippen molar-refractivity contribution in [3.63, 3.8) is 0 Å². The zero-order chi connectivity index (χ0) is 66.8. The van der Waals surface area contributed by atoms with Gasteiger partial charge in [0.25, 0.3) is 5.91 Å². The van der Waals surface area contributed by atoms with Gasteiger partial charge in [0.1, 0.15) is 40.2 Å². The van der Waals surface area contributed by atoms with Crippen LogP contribution >= 0.6 is 47.8 Å². The molecule has 1 unspecified atom stereocenters. The van der Waals surface area contributed by atoms with Gasteiger partial charge in [-0.05, 0) is 213 Å². The predicted molar refractivity (Wildman–Crippen MR) is 366 cm³/mol. The summed E-state index contributed by atoms with van der Waals surface area (Å²) in [6, 6.07) is 80.2. The second-order valence-electron chi connectivity index (χ2n) is 19.6. The molecule has 0 spiro atoms. The quantitative estimate of drug-likeness (QED) is 0.0737. The molecule has 2 heterocycles. The molecule has 1 amide bonds. The highest BCUT2D eigenvalue weighted by Crippen LogP contribution is 2.30. The minimum Gasteiger partial charge on any atom is -0.508 e. The van der Waals surface area contributed by atoms with Crippen molar-refractivity contribution in [2.45, 2.75) is 13.0 Å². The summed E-state index contributed by atoms with van der Waals surface area (Å²) in [6.07, 6.45) is -1.03. The molecule has 10 aromatic carbocycles. The highest BCUT2D eigenvalue weighted by molar-refractivity contribution is 9.11. The Morgan fingerprint density at radius 1 is 0.468 bits per heavy atom. The van der Waals surface area contributed by atoms with Crippen molar-refractivity contribution in [1.82, 2.24) is 24.9 Å². The van der Waals surface area contributed by atoms with Crippen LogP contribution in [0.2, 0.25) is 0 Å². The largest absolute Gasteiger partial charge is 0.508 e. The van der Waals surface area contributed by atoms with E-state index in [2.05, 4.69) is 81.5 Å². The van der Waals surface area contributed by atoms with E-state index in [1.165, 1.54) is 0 Å².